The van der Waals surface area contributed by atoms with Gasteiger partial charge in [0.25, 0.3) is 5.91 Å². The van der Waals surface area contributed by atoms with Gasteiger partial charge in [0.1, 0.15) is 5.82 Å². The van der Waals surface area contributed by atoms with Crippen molar-refractivity contribution in [1.29, 1.82) is 0 Å². The number of carbonyl (C=O) groups is 2. The number of piperidine rings is 1. The van der Waals surface area contributed by atoms with Gasteiger partial charge in [-0.15, -0.1) is 0 Å². The number of rotatable bonds is 10. The number of para-hydroxylation sites is 1. The molecule has 4 rings (SSSR count). The zero-order valence-corrected chi connectivity index (χ0v) is 21.8. The molecule has 1 atom stereocenters. The average Bonchev–Trinajstić information content (AvgIpc) is 2.94. The Hall–Kier alpha value is -3.91. The van der Waals surface area contributed by atoms with Crippen LogP contribution in [0.1, 0.15) is 34.3 Å². The lowest BCUT2D eigenvalue weighted by Crippen LogP contribution is -2.40. The molecule has 200 valence electrons. The molecule has 7 nitrogen and oxygen atoms in total. The summed E-state index contributed by atoms with van der Waals surface area (Å²) in [4.78, 5) is 28.3. The van der Waals surface area contributed by atoms with E-state index in [1.165, 1.54) is 12.1 Å². The lowest BCUT2D eigenvalue weighted by molar-refractivity contribution is -0.121. The van der Waals surface area contributed by atoms with E-state index in [4.69, 9.17) is 9.47 Å². The van der Waals surface area contributed by atoms with Crippen LogP contribution < -0.4 is 20.1 Å². The molecular formula is C30H34FN3O4. The molecule has 0 aliphatic carbocycles. The van der Waals surface area contributed by atoms with Crippen molar-refractivity contribution in [2.24, 2.45) is 5.92 Å². The minimum Gasteiger partial charge on any atom is -0.493 e. The van der Waals surface area contributed by atoms with E-state index in [0.717, 1.165) is 30.5 Å². The van der Waals surface area contributed by atoms with Crippen molar-refractivity contribution in [1.82, 2.24) is 10.2 Å². The van der Waals surface area contributed by atoms with Crippen molar-refractivity contribution < 1.29 is 23.5 Å². The number of hydrogen-bond donors (Lipinski definition) is 2. The number of nitrogens with zero attached hydrogens (tertiary/aromatic N) is 1. The molecule has 1 aliphatic heterocycles. The number of likely N-dealkylation sites (tertiary alicyclic amines) is 1. The third kappa shape index (κ3) is 7.10. The zero-order valence-electron chi connectivity index (χ0n) is 21.8. The number of benzene rings is 3. The summed E-state index contributed by atoms with van der Waals surface area (Å²) in [5, 5.41) is 5.93. The number of hydrogen-bond acceptors (Lipinski definition) is 5. The molecule has 2 amide bonds. The summed E-state index contributed by atoms with van der Waals surface area (Å²) in [5.41, 5.74) is 2.94. The standard InChI is InChI=1S/C30H34FN3O4/c1-37-27-14-11-21(18-28(27)38-2)15-16-32-30(36)25-7-3-4-8-26(25)33-29(35)23-6-5-17-34(20-23)19-22-9-12-24(31)13-10-22/h3-4,7-14,18,23H,5-6,15-17,19-20H2,1-2H3,(H,32,36)(H,33,35). The third-order valence-corrected chi connectivity index (χ3v) is 6.77. The molecule has 0 radical (unpaired) electrons. The van der Waals surface area contributed by atoms with E-state index >= 15 is 0 Å². The summed E-state index contributed by atoms with van der Waals surface area (Å²) in [6.07, 6.45) is 2.30. The lowest BCUT2D eigenvalue weighted by atomic mass is 9.96. The Morgan fingerprint density at radius 1 is 0.974 bits per heavy atom. The number of ether oxygens (including phenoxy) is 2. The first-order chi connectivity index (χ1) is 18.5. The minimum absolute atomic E-state index is 0.0978. The monoisotopic (exact) mass is 519 g/mol. The van der Waals surface area contributed by atoms with E-state index < -0.39 is 0 Å². The molecule has 0 aromatic heterocycles. The summed E-state index contributed by atoms with van der Waals surface area (Å²) in [6, 6.07) is 19.2. The number of methoxy groups -OCH3 is 2. The van der Waals surface area contributed by atoms with Crippen LogP contribution in [0, 0.1) is 11.7 Å². The molecule has 38 heavy (non-hydrogen) atoms. The topological polar surface area (TPSA) is 79.9 Å². The second-order valence-corrected chi connectivity index (χ2v) is 9.43. The SMILES string of the molecule is COc1ccc(CCNC(=O)c2ccccc2NC(=O)C2CCCN(Cc3ccc(F)cc3)C2)cc1OC. The fourth-order valence-electron chi connectivity index (χ4n) is 4.74. The molecule has 1 fully saturated rings. The highest BCUT2D eigenvalue weighted by Crippen LogP contribution is 2.27. The van der Waals surface area contributed by atoms with E-state index in [0.29, 0.717) is 48.8 Å². The van der Waals surface area contributed by atoms with Crippen LogP contribution in [0.5, 0.6) is 11.5 Å². The Morgan fingerprint density at radius 3 is 2.47 bits per heavy atom. The highest BCUT2D eigenvalue weighted by Gasteiger charge is 2.26. The van der Waals surface area contributed by atoms with Gasteiger partial charge in [-0.25, -0.2) is 4.39 Å². The number of halogens is 1. The number of anilines is 1. The van der Waals surface area contributed by atoms with Gasteiger partial charge in [0, 0.05) is 19.6 Å². The maximum Gasteiger partial charge on any atom is 0.253 e. The normalized spacial score (nSPS) is 15.5. The fraction of sp³-hybridized carbons (Fsp3) is 0.333. The van der Waals surface area contributed by atoms with E-state index in [1.54, 1.807) is 50.6 Å². The maximum absolute atomic E-state index is 13.2. The van der Waals surface area contributed by atoms with Crippen LogP contribution in [-0.4, -0.2) is 50.6 Å². The molecule has 0 spiro atoms. The molecule has 0 bridgehead atoms. The van der Waals surface area contributed by atoms with Gasteiger partial charge < -0.3 is 20.1 Å². The van der Waals surface area contributed by atoms with Crippen LogP contribution in [-0.2, 0) is 17.8 Å². The Labute approximate surface area is 222 Å². The average molecular weight is 520 g/mol. The van der Waals surface area contributed by atoms with E-state index in [1.807, 2.05) is 18.2 Å². The van der Waals surface area contributed by atoms with E-state index in [-0.39, 0.29) is 23.5 Å². The predicted octanol–water partition coefficient (Wildman–Crippen LogP) is 4.67. The van der Waals surface area contributed by atoms with Gasteiger partial charge in [-0.3, -0.25) is 14.5 Å². The third-order valence-electron chi connectivity index (χ3n) is 6.77. The number of nitrogens with one attached hydrogen (secondary N) is 2. The van der Waals surface area contributed by atoms with Crippen molar-refractivity contribution in [2.75, 3.05) is 39.2 Å². The van der Waals surface area contributed by atoms with Gasteiger partial charge in [-0.1, -0.05) is 30.3 Å². The zero-order chi connectivity index (χ0) is 26.9. The van der Waals surface area contributed by atoms with Crippen LogP contribution >= 0.6 is 0 Å². The second kappa shape index (κ2) is 13.1. The highest BCUT2D eigenvalue weighted by molar-refractivity contribution is 6.04. The second-order valence-electron chi connectivity index (χ2n) is 9.43. The molecule has 0 saturated carbocycles. The predicted molar refractivity (Wildman–Crippen MR) is 145 cm³/mol. The Morgan fingerprint density at radius 2 is 1.71 bits per heavy atom. The van der Waals surface area contributed by atoms with Crippen LogP contribution in [0.3, 0.4) is 0 Å². The first-order valence-corrected chi connectivity index (χ1v) is 12.8. The number of carbonyl (C=O) groups excluding carboxylic acids is 2. The summed E-state index contributed by atoms with van der Waals surface area (Å²) in [5.74, 6) is 0.505. The van der Waals surface area contributed by atoms with Crippen LogP contribution in [0.25, 0.3) is 0 Å². The van der Waals surface area contributed by atoms with Gasteiger partial charge in [0.05, 0.1) is 31.4 Å². The van der Waals surface area contributed by atoms with Crippen LogP contribution in [0.15, 0.2) is 66.7 Å². The molecular weight excluding hydrogens is 485 g/mol. The quantitative estimate of drug-likeness (QED) is 0.407. The van der Waals surface area contributed by atoms with Gasteiger partial charge in [-0.05, 0) is 73.3 Å². The van der Waals surface area contributed by atoms with E-state index in [2.05, 4.69) is 15.5 Å². The van der Waals surface area contributed by atoms with E-state index in [9.17, 15) is 14.0 Å². The van der Waals surface area contributed by atoms with Gasteiger partial charge in [-0.2, -0.15) is 0 Å². The molecule has 3 aromatic carbocycles. The highest BCUT2D eigenvalue weighted by atomic mass is 19.1. The van der Waals surface area contributed by atoms with Crippen LogP contribution in [0.2, 0.25) is 0 Å². The van der Waals surface area contributed by atoms with Crippen molar-refractivity contribution in [3.05, 3.63) is 89.2 Å². The smallest absolute Gasteiger partial charge is 0.253 e. The molecule has 3 aromatic rings. The van der Waals surface area contributed by atoms with Crippen LogP contribution in [0.4, 0.5) is 10.1 Å². The summed E-state index contributed by atoms with van der Waals surface area (Å²) in [6.45, 7) is 2.60. The molecule has 1 aliphatic rings. The Kier molecular flexibility index (Phi) is 9.32. The first kappa shape index (κ1) is 27.1. The molecule has 1 unspecified atom stereocenters. The van der Waals surface area contributed by atoms with Gasteiger partial charge in [0.15, 0.2) is 11.5 Å². The molecule has 8 heteroatoms. The number of amides is 2. The summed E-state index contributed by atoms with van der Waals surface area (Å²) in [7, 11) is 3.18. The molecule has 1 saturated heterocycles. The first-order valence-electron chi connectivity index (χ1n) is 12.8. The summed E-state index contributed by atoms with van der Waals surface area (Å²) >= 11 is 0. The minimum atomic E-state index is -0.256. The Balaban J connectivity index is 1.33. The maximum atomic E-state index is 13.2. The van der Waals surface area contributed by atoms with Crippen molar-refractivity contribution in [3.63, 3.8) is 0 Å². The Bertz CT molecular complexity index is 1250. The summed E-state index contributed by atoms with van der Waals surface area (Å²) < 4.78 is 23.8. The van der Waals surface area contributed by atoms with Gasteiger partial charge >= 0.3 is 0 Å². The lowest BCUT2D eigenvalue weighted by Gasteiger charge is -2.32. The van der Waals surface area contributed by atoms with Crippen molar-refractivity contribution in [3.8, 4) is 11.5 Å². The molecule has 1 heterocycles. The largest absolute Gasteiger partial charge is 0.493 e. The molecule has 2 N–H and O–H groups in total. The van der Waals surface area contributed by atoms with Crippen molar-refractivity contribution in [2.45, 2.75) is 25.8 Å². The van der Waals surface area contributed by atoms with Gasteiger partial charge in [0.2, 0.25) is 5.91 Å². The van der Waals surface area contributed by atoms with Crippen molar-refractivity contribution >= 4 is 17.5 Å². The fourth-order valence-corrected chi connectivity index (χ4v) is 4.74.